The van der Waals surface area contributed by atoms with Gasteiger partial charge >= 0.3 is 0 Å². The summed E-state index contributed by atoms with van der Waals surface area (Å²) < 4.78 is 5.06. The smallest absolute Gasteiger partial charge is 0.170 e. The van der Waals surface area contributed by atoms with Crippen LogP contribution in [0.25, 0.3) is 0 Å². The molecular formula is C9H17N3OS2. The number of hydrogen-bond donors (Lipinski definition) is 2. The lowest BCUT2D eigenvalue weighted by Gasteiger charge is -2.23. The first-order valence-electron chi connectivity index (χ1n) is 4.82. The van der Waals surface area contributed by atoms with E-state index in [1.54, 1.807) is 18.7 Å². The molecule has 1 aromatic rings. The maximum atomic E-state index is 9.81. The molecule has 0 saturated carbocycles. The van der Waals surface area contributed by atoms with E-state index in [4.69, 9.17) is 5.73 Å². The Bertz CT molecular complexity index is 314. The number of hydrogen-bond acceptors (Lipinski definition) is 6. The Morgan fingerprint density at radius 1 is 1.67 bits per heavy atom. The van der Waals surface area contributed by atoms with E-state index in [2.05, 4.69) is 16.3 Å². The van der Waals surface area contributed by atoms with Crippen molar-refractivity contribution in [1.29, 1.82) is 0 Å². The van der Waals surface area contributed by atoms with Crippen LogP contribution in [-0.2, 0) is 0 Å². The van der Waals surface area contributed by atoms with Crippen molar-refractivity contribution in [2.24, 2.45) is 5.73 Å². The Labute approximate surface area is 98.5 Å². The molecule has 4 nitrogen and oxygen atoms in total. The fourth-order valence-corrected chi connectivity index (χ4v) is 3.41. The maximum Gasteiger partial charge on any atom is 0.170 e. The summed E-state index contributed by atoms with van der Waals surface area (Å²) in [6.07, 6.45) is 0.660. The molecule has 0 aliphatic heterocycles. The summed E-state index contributed by atoms with van der Waals surface area (Å²) in [5.41, 5.74) is 4.68. The van der Waals surface area contributed by atoms with Crippen LogP contribution >= 0.6 is 23.3 Å². The zero-order valence-electron chi connectivity index (χ0n) is 9.23. The van der Waals surface area contributed by atoms with E-state index in [0.717, 1.165) is 10.2 Å². The summed E-state index contributed by atoms with van der Waals surface area (Å²) in [4.78, 5) is 4.26. The molecule has 0 radical (unpaired) electrons. The van der Waals surface area contributed by atoms with Crippen LogP contribution in [0.2, 0.25) is 0 Å². The van der Waals surface area contributed by atoms with Crippen LogP contribution in [0, 0.1) is 6.92 Å². The minimum Gasteiger partial charge on any atom is -0.389 e. The van der Waals surface area contributed by atoms with Gasteiger partial charge in [-0.05, 0) is 31.8 Å². The SMILES string of the molecule is Cc1nsc(SC(C)CC(C)(O)CN)n1. The molecule has 3 N–H and O–H groups in total. The van der Waals surface area contributed by atoms with Crippen LogP contribution in [0.3, 0.4) is 0 Å². The van der Waals surface area contributed by atoms with Crippen molar-refractivity contribution in [2.45, 2.75) is 42.4 Å². The summed E-state index contributed by atoms with van der Waals surface area (Å²) in [7, 11) is 0. The van der Waals surface area contributed by atoms with Crippen molar-refractivity contribution < 1.29 is 5.11 Å². The molecule has 86 valence electrons. The van der Waals surface area contributed by atoms with E-state index in [1.165, 1.54) is 11.5 Å². The van der Waals surface area contributed by atoms with Gasteiger partial charge in [0.15, 0.2) is 4.34 Å². The summed E-state index contributed by atoms with van der Waals surface area (Å²) in [6, 6.07) is 0. The molecule has 0 aromatic carbocycles. The van der Waals surface area contributed by atoms with Gasteiger partial charge in [0.1, 0.15) is 5.82 Å². The van der Waals surface area contributed by atoms with Crippen molar-refractivity contribution in [3.63, 3.8) is 0 Å². The lowest BCUT2D eigenvalue weighted by Crippen LogP contribution is -2.36. The van der Waals surface area contributed by atoms with E-state index in [1.807, 2.05) is 6.92 Å². The number of aryl methyl sites for hydroxylation is 1. The van der Waals surface area contributed by atoms with Crippen LogP contribution in [0.15, 0.2) is 4.34 Å². The highest BCUT2D eigenvalue weighted by molar-refractivity contribution is 8.01. The average molecular weight is 247 g/mol. The fourth-order valence-electron chi connectivity index (χ4n) is 1.24. The molecule has 6 heteroatoms. The van der Waals surface area contributed by atoms with Crippen LogP contribution in [-0.4, -0.2) is 31.9 Å². The van der Waals surface area contributed by atoms with E-state index >= 15 is 0 Å². The average Bonchev–Trinajstić information content (AvgIpc) is 2.50. The molecule has 1 heterocycles. The zero-order chi connectivity index (χ0) is 11.5. The molecule has 0 spiro atoms. The van der Waals surface area contributed by atoms with Gasteiger partial charge in [0.25, 0.3) is 0 Å². The molecule has 1 rings (SSSR count). The van der Waals surface area contributed by atoms with Gasteiger partial charge < -0.3 is 10.8 Å². The normalized spacial score (nSPS) is 17.4. The summed E-state index contributed by atoms with van der Waals surface area (Å²) in [6.45, 7) is 5.98. The number of nitrogens with zero attached hydrogens (tertiary/aromatic N) is 2. The van der Waals surface area contributed by atoms with E-state index < -0.39 is 5.60 Å². The molecule has 15 heavy (non-hydrogen) atoms. The first kappa shape index (κ1) is 12.9. The highest BCUT2D eigenvalue weighted by Gasteiger charge is 2.22. The summed E-state index contributed by atoms with van der Waals surface area (Å²) in [5.74, 6) is 0.806. The maximum absolute atomic E-state index is 9.81. The van der Waals surface area contributed by atoms with E-state index in [9.17, 15) is 5.11 Å². The fraction of sp³-hybridized carbons (Fsp3) is 0.778. The molecule has 0 aliphatic rings. The van der Waals surface area contributed by atoms with Gasteiger partial charge in [-0.1, -0.05) is 18.7 Å². The van der Waals surface area contributed by atoms with E-state index in [-0.39, 0.29) is 11.8 Å². The topological polar surface area (TPSA) is 72.0 Å². The first-order valence-corrected chi connectivity index (χ1v) is 6.47. The zero-order valence-corrected chi connectivity index (χ0v) is 10.9. The highest BCUT2D eigenvalue weighted by Crippen LogP contribution is 2.29. The first-order chi connectivity index (χ1) is 6.93. The van der Waals surface area contributed by atoms with Crippen molar-refractivity contribution in [1.82, 2.24) is 9.36 Å². The van der Waals surface area contributed by atoms with Crippen molar-refractivity contribution >= 4 is 23.3 Å². The summed E-state index contributed by atoms with van der Waals surface area (Å²) in [5, 5.41) is 10.1. The van der Waals surface area contributed by atoms with Gasteiger partial charge in [-0.15, -0.1) is 0 Å². The number of aliphatic hydroxyl groups is 1. The third-order valence-corrected chi connectivity index (χ3v) is 3.96. The standard InChI is InChI=1S/C9H17N3OS2/c1-6(4-9(3,13)5-10)14-8-11-7(2)12-15-8/h6,13H,4-5,10H2,1-3H3. The van der Waals surface area contributed by atoms with Crippen LogP contribution in [0.5, 0.6) is 0 Å². The molecule has 1 aromatic heterocycles. The van der Waals surface area contributed by atoms with Gasteiger partial charge in [0.2, 0.25) is 0 Å². The Kier molecular flexibility index (Phi) is 4.51. The lowest BCUT2D eigenvalue weighted by molar-refractivity contribution is 0.0608. The Hall–Kier alpha value is -0.170. The van der Waals surface area contributed by atoms with Gasteiger partial charge in [-0.2, -0.15) is 4.37 Å². The Morgan fingerprint density at radius 2 is 2.33 bits per heavy atom. The third-order valence-electron chi connectivity index (χ3n) is 1.98. The molecule has 2 atom stereocenters. The molecule has 0 fully saturated rings. The number of thioether (sulfide) groups is 1. The second-order valence-electron chi connectivity index (χ2n) is 3.94. The quantitative estimate of drug-likeness (QED) is 0.770. The molecule has 0 bridgehead atoms. The number of aromatic nitrogens is 2. The van der Waals surface area contributed by atoms with Crippen molar-refractivity contribution in [3.8, 4) is 0 Å². The monoisotopic (exact) mass is 247 g/mol. The lowest BCUT2D eigenvalue weighted by atomic mass is 10.0. The van der Waals surface area contributed by atoms with Crippen LogP contribution < -0.4 is 5.73 Å². The molecule has 0 saturated heterocycles. The second-order valence-corrected chi connectivity index (χ2v) is 6.38. The molecule has 0 amide bonds. The predicted octanol–water partition coefficient (Wildman–Crippen LogP) is 1.43. The van der Waals surface area contributed by atoms with E-state index in [0.29, 0.717) is 6.42 Å². The van der Waals surface area contributed by atoms with Crippen molar-refractivity contribution in [3.05, 3.63) is 5.82 Å². The Balaban J connectivity index is 2.46. The summed E-state index contributed by atoms with van der Waals surface area (Å²) >= 11 is 3.04. The minimum atomic E-state index is -0.786. The number of rotatable bonds is 5. The largest absolute Gasteiger partial charge is 0.389 e. The second kappa shape index (κ2) is 5.25. The van der Waals surface area contributed by atoms with Gasteiger partial charge in [0.05, 0.1) is 5.60 Å². The Morgan fingerprint density at radius 3 is 2.80 bits per heavy atom. The van der Waals surface area contributed by atoms with Crippen LogP contribution in [0.4, 0.5) is 0 Å². The minimum absolute atomic E-state index is 0.285. The van der Waals surface area contributed by atoms with Gasteiger partial charge in [0, 0.05) is 11.8 Å². The molecule has 0 aliphatic carbocycles. The number of nitrogens with two attached hydrogens (primary N) is 1. The predicted molar refractivity (Wildman–Crippen MR) is 64.3 cm³/mol. The third kappa shape index (κ3) is 4.46. The van der Waals surface area contributed by atoms with Gasteiger partial charge in [-0.3, -0.25) is 0 Å². The molecular weight excluding hydrogens is 230 g/mol. The molecule has 2 unspecified atom stereocenters. The highest BCUT2D eigenvalue weighted by atomic mass is 32.2. The van der Waals surface area contributed by atoms with Gasteiger partial charge in [-0.25, -0.2) is 4.98 Å². The van der Waals surface area contributed by atoms with Crippen LogP contribution in [0.1, 0.15) is 26.1 Å². The van der Waals surface area contributed by atoms with Crippen molar-refractivity contribution in [2.75, 3.05) is 6.54 Å².